The molecule has 0 spiro atoms. The van der Waals surface area contributed by atoms with E-state index in [0.29, 0.717) is 36.2 Å². The largest absolute Gasteiger partial charge is 0.391 e. The van der Waals surface area contributed by atoms with Gasteiger partial charge in [0.1, 0.15) is 0 Å². The number of likely N-dealkylation sites (tertiary alicyclic amines) is 1. The van der Waals surface area contributed by atoms with E-state index in [1.54, 1.807) is 0 Å². The van der Waals surface area contributed by atoms with E-state index < -0.39 is 6.10 Å². The zero-order chi connectivity index (χ0) is 13.4. The van der Waals surface area contributed by atoms with Crippen molar-refractivity contribution in [2.75, 3.05) is 32.1 Å². The van der Waals surface area contributed by atoms with Gasteiger partial charge >= 0.3 is 0 Å². The van der Waals surface area contributed by atoms with Gasteiger partial charge in [-0.2, -0.15) is 0 Å². The molecule has 0 aliphatic carbocycles. The van der Waals surface area contributed by atoms with Crippen LogP contribution in [0.15, 0.2) is 0 Å². The zero-order valence-electron chi connectivity index (χ0n) is 11.3. The summed E-state index contributed by atoms with van der Waals surface area (Å²) in [6, 6.07) is 0.452. The van der Waals surface area contributed by atoms with E-state index in [1.165, 1.54) is 6.42 Å². The number of halogens is 1. The highest BCUT2D eigenvalue weighted by Crippen LogP contribution is 2.37. The van der Waals surface area contributed by atoms with E-state index in [4.69, 9.17) is 11.6 Å². The SMILES string of the molecule is O=C1CCCC2C3CC(CN(CC(O)CCl)C3)CN12. The van der Waals surface area contributed by atoms with Crippen LogP contribution in [-0.4, -0.2) is 65.0 Å². The number of carbonyl (C=O) groups excluding carboxylic acids is 1. The van der Waals surface area contributed by atoms with Crippen molar-refractivity contribution >= 4 is 17.5 Å². The Hall–Kier alpha value is -0.320. The second-order valence-corrected chi connectivity index (χ2v) is 6.70. The first-order valence-corrected chi connectivity index (χ1v) is 7.96. The Morgan fingerprint density at radius 2 is 2.21 bits per heavy atom. The van der Waals surface area contributed by atoms with Crippen molar-refractivity contribution < 1.29 is 9.90 Å². The standard InChI is InChI=1S/C14H23ClN2O2/c15-5-12(18)9-16-6-10-4-11(8-16)13-2-1-3-14(19)17(13)7-10/h10-13,18H,1-9H2. The third-order valence-electron chi connectivity index (χ3n) is 4.90. The number of aliphatic hydroxyl groups is 1. The van der Waals surface area contributed by atoms with Gasteiger partial charge in [0.15, 0.2) is 0 Å². The summed E-state index contributed by atoms with van der Waals surface area (Å²) < 4.78 is 0. The van der Waals surface area contributed by atoms with Crippen LogP contribution in [0.4, 0.5) is 0 Å². The Bertz CT molecular complexity index is 352. The van der Waals surface area contributed by atoms with Crippen LogP contribution in [0.5, 0.6) is 0 Å². The Balaban J connectivity index is 1.67. The lowest BCUT2D eigenvalue weighted by molar-refractivity contribution is -0.145. The van der Waals surface area contributed by atoms with Gasteiger partial charge in [-0.1, -0.05) is 0 Å². The Labute approximate surface area is 119 Å². The van der Waals surface area contributed by atoms with Crippen molar-refractivity contribution in [3.63, 3.8) is 0 Å². The second-order valence-electron chi connectivity index (χ2n) is 6.39. The highest BCUT2D eigenvalue weighted by Gasteiger charge is 2.43. The number of alkyl halides is 1. The van der Waals surface area contributed by atoms with Crippen molar-refractivity contribution in [1.82, 2.24) is 9.80 Å². The number of hydrogen-bond acceptors (Lipinski definition) is 3. The molecule has 108 valence electrons. The maximum absolute atomic E-state index is 12.0. The highest BCUT2D eigenvalue weighted by molar-refractivity contribution is 6.18. The van der Waals surface area contributed by atoms with Crippen molar-refractivity contribution in [2.24, 2.45) is 11.8 Å². The maximum atomic E-state index is 12.0. The molecule has 19 heavy (non-hydrogen) atoms. The number of amides is 1. The second kappa shape index (κ2) is 5.58. The lowest BCUT2D eigenvalue weighted by Gasteiger charge is -2.52. The third-order valence-corrected chi connectivity index (χ3v) is 5.26. The number of carbonyl (C=O) groups is 1. The van der Waals surface area contributed by atoms with Crippen molar-refractivity contribution in [3.05, 3.63) is 0 Å². The van der Waals surface area contributed by atoms with Crippen molar-refractivity contribution in [3.8, 4) is 0 Å². The number of piperidine rings is 3. The van der Waals surface area contributed by atoms with E-state index in [1.807, 2.05) is 0 Å². The summed E-state index contributed by atoms with van der Waals surface area (Å²) in [7, 11) is 0. The molecule has 1 N–H and O–H groups in total. The predicted molar refractivity (Wildman–Crippen MR) is 74.1 cm³/mol. The molecular formula is C14H23ClN2O2. The summed E-state index contributed by atoms with van der Waals surface area (Å²) in [6.45, 7) is 3.62. The van der Waals surface area contributed by atoms with Crippen LogP contribution in [0.25, 0.3) is 0 Å². The molecule has 4 atom stereocenters. The van der Waals surface area contributed by atoms with Crippen LogP contribution in [0, 0.1) is 11.8 Å². The number of hydrogen-bond donors (Lipinski definition) is 1. The van der Waals surface area contributed by atoms with Gasteiger partial charge in [-0.25, -0.2) is 0 Å². The van der Waals surface area contributed by atoms with Gasteiger partial charge in [0, 0.05) is 44.5 Å². The van der Waals surface area contributed by atoms with Crippen LogP contribution in [0.3, 0.4) is 0 Å². The van der Waals surface area contributed by atoms with Gasteiger partial charge < -0.3 is 14.9 Å². The minimum atomic E-state index is -0.426. The average molecular weight is 287 g/mol. The number of nitrogens with zero attached hydrogens (tertiary/aromatic N) is 2. The first-order valence-electron chi connectivity index (χ1n) is 7.43. The van der Waals surface area contributed by atoms with Gasteiger partial charge in [-0.05, 0) is 31.1 Å². The molecule has 4 nitrogen and oxygen atoms in total. The van der Waals surface area contributed by atoms with Crippen molar-refractivity contribution in [1.29, 1.82) is 0 Å². The molecule has 3 aliphatic heterocycles. The third kappa shape index (κ3) is 2.76. The van der Waals surface area contributed by atoms with Crippen LogP contribution < -0.4 is 0 Å². The first-order chi connectivity index (χ1) is 9.17. The molecule has 3 saturated heterocycles. The molecule has 3 rings (SSSR count). The zero-order valence-corrected chi connectivity index (χ0v) is 12.1. The van der Waals surface area contributed by atoms with Crippen LogP contribution in [-0.2, 0) is 4.79 Å². The fourth-order valence-corrected chi connectivity index (χ4v) is 4.31. The normalized spacial score (nSPS) is 37.1. The van der Waals surface area contributed by atoms with E-state index in [2.05, 4.69) is 9.80 Å². The summed E-state index contributed by atoms with van der Waals surface area (Å²) in [4.78, 5) is 16.5. The molecule has 0 aromatic heterocycles. The van der Waals surface area contributed by atoms with E-state index in [0.717, 1.165) is 38.9 Å². The molecule has 3 fully saturated rings. The van der Waals surface area contributed by atoms with Crippen molar-refractivity contribution in [2.45, 2.75) is 37.8 Å². The first kappa shape index (κ1) is 13.7. The molecule has 0 aromatic carbocycles. The minimum Gasteiger partial charge on any atom is -0.391 e. The summed E-state index contributed by atoms with van der Waals surface area (Å²) in [5.74, 6) is 1.85. The fraction of sp³-hybridized carbons (Fsp3) is 0.929. The lowest BCUT2D eigenvalue weighted by atomic mass is 9.76. The average Bonchev–Trinajstić information content (AvgIpc) is 2.40. The molecule has 0 aromatic rings. The number of β-amino-alcohol motifs (C(OH)–C–C–N with tert-alkyl or cyclic N) is 1. The predicted octanol–water partition coefficient (Wildman–Crippen LogP) is 0.919. The Kier molecular flexibility index (Phi) is 4.01. The smallest absolute Gasteiger partial charge is 0.222 e. The van der Waals surface area contributed by atoms with Gasteiger partial charge in [0.2, 0.25) is 5.91 Å². The number of rotatable bonds is 3. The van der Waals surface area contributed by atoms with Gasteiger partial charge in [0.25, 0.3) is 0 Å². The van der Waals surface area contributed by atoms with Crippen LogP contribution in [0.1, 0.15) is 25.7 Å². The summed E-state index contributed by atoms with van der Waals surface area (Å²) in [5.41, 5.74) is 0. The summed E-state index contributed by atoms with van der Waals surface area (Å²) in [5, 5.41) is 9.71. The molecule has 1 amide bonds. The molecule has 0 saturated carbocycles. The number of aliphatic hydroxyl groups excluding tert-OH is 1. The molecule has 4 unspecified atom stereocenters. The molecule has 0 radical (unpaired) electrons. The topological polar surface area (TPSA) is 43.8 Å². The number of fused-ring (bicyclic) bond motifs is 4. The van der Waals surface area contributed by atoms with Gasteiger partial charge in [-0.15, -0.1) is 11.6 Å². The minimum absolute atomic E-state index is 0.305. The van der Waals surface area contributed by atoms with E-state index in [-0.39, 0.29) is 0 Å². The molecule has 5 heteroatoms. The fourth-order valence-electron chi connectivity index (χ4n) is 4.21. The molecule has 3 aliphatic rings. The van der Waals surface area contributed by atoms with Crippen LogP contribution >= 0.6 is 11.6 Å². The highest BCUT2D eigenvalue weighted by atomic mass is 35.5. The summed E-state index contributed by atoms with van der Waals surface area (Å²) in [6.07, 6.45) is 3.78. The van der Waals surface area contributed by atoms with Gasteiger partial charge in [0.05, 0.1) is 6.10 Å². The maximum Gasteiger partial charge on any atom is 0.222 e. The van der Waals surface area contributed by atoms with E-state index in [9.17, 15) is 9.90 Å². The Morgan fingerprint density at radius 3 is 3.00 bits per heavy atom. The molecular weight excluding hydrogens is 264 g/mol. The quantitative estimate of drug-likeness (QED) is 0.785. The molecule has 3 heterocycles. The van der Waals surface area contributed by atoms with Crippen LogP contribution in [0.2, 0.25) is 0 Å². The van der Waals surface area contributed by atoms with Gasteiger partial charge in [-0.3, -0.25) is 4.79 Å². The Morgan fingerprint density at radius 1 is 1.37 bits per heavy atom. The monoisotopic (exact) mass is 286 g/mol. The molecule has 2 bridgehead atoms. The van der Waals surface area contributed by atoms with E-state index >= 15 is 0 Å². The summed E-state index contributed by atoms with van der Waals surface area (Å²) >= 11 is 5.69. The lowest BCUT2D eigenvalue weighted by Crippen LogP contribution is -2.61.